The van der Waals surface area contributed by atoms with Crippen LogP contribution in [0.15, 0.2) is 47.6 Å². The second kappa shape index (κ2) is 9.16. The smallest absolute Gasteiger partial charge is 0.311 e. The van der Waals surface area contributed by atoms with E-state index in [2.05, 4.69) is 10.5 Å². The number of amides is 1. The van der Waals surface area contributed by atoms with Crippen molar-refractivity contribution in [2.75, 3.05) is 13.7 Å². The Morgan fingerprint density at radius 1 is 1.31 bits per heavy atom. The first-order chi connectivity index (χ1) is 12.5. The molecule has 0 saturated heterocycles. The molecule has 26 heavy (non-hydrogen) atoms. The van der Waals surface area contributed by atoms with Gasteiger partial charge in [-0.1, -0.05) is 19.1 Å². The molecule has 0 atom stereocenters. The average Bonchev–Trinajstić information content (AvgIpc) is 2.66. The first kappa shape index (κ1) is 18.9. The van der Waals surface area contributed by atoms with Crippen molar-refractivity contribution in [3.63, 3.8) is 0 Å². The molecule has 0 aliphatic rings. The zero-order valence-corrected chi connectivity index (χ0v) is 14.5. The lowest BCUT2D eigenvalue weighted by molar-refractivity contribution is -0.385. The largest absolute Gasteiger partial charge is 0.490 e. The van der Waals surface area contributed by atoms with Crippen LogP contribution in [0.25, 0.3) is 0 Å². The maximum absolute atomic E-state index is 11.8. The molecule has 8 nitrogen and oxygen atoms in total. The van der Waals surface area contributed by atoms with E-state index in [1.807, 2.05) is 25.1 Å². The normalized spacial score (nSPS) is 10.5. The Hall–Kier alpha value is -3.42. The van der Waals surface area contributed by atoms with E-state index in [1.165, 1.54) is 25.5 Å². The first-order valence-corrected chi connectivity index (χ1v) is 7.89. The number of benzene rings is 2. The molecule has 0 aromatic heterocycles. The predicted octanol–water partition coefficient (Wildman–Crippen LogP) is 2.69. The van der Waals surface area contributed by atoms with Crippen LogP contribution in [0.4, 0.5) is 5.69 Å². The van der Waals surface area contributed by atoms with E-state index < -0.39 is 10.8 Å². The standard InChI is InChI=1S/C18H19N3O5/c1-3-13-5-4-6-15(9-13)26-12-18(22)20-19-11-14-7-8-17(25-2)16(10-14)21(23)24/h4-11H,3,12H2,1-2H3,(H,20,22)/b19-11+. The topological polar surface area (TPSA) is 103 Å². The van der Waals surface area contributed by atoms with Crippen molar-refractivity contribution in [3.05, 3.63) is 63.7 Å². The summed E-state index contributed by atoms with van der Waals surface area (Å²) in [5, 5.41) is 14.8. The van der Waals surface area contributed by atoms with Gasteiger partial charge in [0.25, 0.3) is 5.91 Å². The number of methoxy groups -OCH3 is 1. The number of aryl methyl sites for hydroxylation is 1. The number of nitro benzene ring substituents is 1. The minimum Gasteiger partial charge on any atom is -0.490 e. The van der Waals surface area contributed by atoms with Gasteiger partial charge in [0, 0.05) is 11.6 Å². The summed E-state index contributed by atoms with van der Waals surface area (Å²) in [6.45, 7) is 1.84. The number of hydrazone groups is 1. The predicted molar refractivity (Wildman–Crippen MR) is 96.7 cm³/mol. The van der Waals surface area contributed by atoms with E-state index >= 15 is 0 Å². The summed E-state index contributed by atoms with van der Waals surface area (Å²) in [5.41, 5.74) is 3.70. The molecule has 0 bridgehead atoms. The second-order valence-electron chi connectivity index (χ2n) is 5.27. The zero-order chi connectivity index (χ0) is 18.9. The van der Waals surface area contributed by atoms with Gasteiger partial charge < -0.3 is 9.47 Å². The summed E-state index contributed by atoms with van der Waals surface area (Å²) in [6.07, 6.45) is 2.18. The number of hydrogen-bond acceptors (Lipinski definition) is 6. The van der Waals surface area contributed by atoms with Crippen LogP contribution in [0.3, 0.4) is 0 Å². The number of ether oxygens (including phenoxy) is 2. The minimum atomic E-state index is -0.549. The van der Waals surface area contributed by atoms with Crippen molar-refractivity contribution in [1.82, 2.24) is 5.43 Å². The fraction of sp³-hybridized carbons (Fsp3) is 0.222. The lowest BCUT2D eigenvalue weighted by Gasteiger charge is -2.06. The number of carbonyl (C=O) groups excluding carboxylic acids is 1. The number of hydrogen-bond donors (Lipinski definition) is 1. The third-order valence-corrected chi connectivity index (χ3v) is 3.48. The lowest BCUT2D eigenvalue weighted by atomic mass is 10.2. The maximum Gasteiger partial charge on any atom is 0.311 e. The average molecular weight is 357 g/mol. The van der Waals surface area contributed by atoms with Crippen molar-refractivity contribution < 1.29 is 19.2 Å². The molecular formula is C18H19N3O5. The number of nitro groups is 1. The third-order valence-electron chi connectivity index (χ3n) is 3.48. The Labute approximate surface area is 150 Å². The molecule has 0 aliphatic carbocycles. The van der Waals surface area contributed by atoms with Gasteiger partial charge in [0.2, 0.25) is 0 Å². The number of carbonyl (C=O) groups is 1. The number of nitrogens with zero attached hydrogens (tertiary/aromatic N) is 2. The van der Waals surface area contributed by atoms with E-state index in [0.717, 1.165) is 12.0 Å². The summed E-state index contributed by atoms with van der Waals surface area (Å²) < 4.78 is 10.3. The Balaban J connectivity index is 1.90. The van der Waals surface area contributed by atoms with Gasteiger partial charge in [-0.25, -0.2) is 5.43 Å². The molecule has 1 amide bonds. The third kappa shape index (κ3) is 5.30. The molecule has 8 heteroatoms. The summed E-state index contributed by atoms with van der Waals surface area (Å²) in [6, 6.07) is 11.8. The summed E-state index contributed by atoms with van der Waals surface area (Å²) >= 11 is 0. The van der Waals surface area contributed by atoms with Crippen LogP contribution in [0, 0.1) is 10.1 Å². The molecule has 136 valence electrons. The Morgan fingerprint density at radius 2 is 2.12 bits per heavy atom. The molecular weight excluding hydrogens is 338 g/mol. The highest BCUT2D eigenvalue weighted by Gasteiger charge is 2.14. The Morgan fingerprint density at radius 3 is 2.81 bits per heavy atom. The number of rotatable bonds is 8. The van der Waals surface area contributed by atoms with Gasteiger partial charge in [-0.2, -0.15) is 5.10 Å². The van der Waals surface area contributed by atoms with Gasteiger partial charge in [-0.3, -0.25) is 14.9 Å². The summed E-state index contributed by atoms with van der Waals surface area (Å²) in [5.74, 6) is 0.319. The van der Waals surface area contributed by atoms with Crippen molar-refractivity contribution in [2.45, 2.75) is 13.3 Å². The number of nitrogens with one attached hydrogen (secondary N) is 1. The van der Waals surface area contributed by atoms with E-state index in [1.54, 1.807) is 12.1 Å². The first-order valence-electron chi connectivity index (χ1n) is 7.89. The molecule has 0 heterocycles. The lowest BCUT2D eigenvalue weighted by Crippen LogP contribution is -2.24. The monoisotopic (exact) mass is 357 g/mol. The Bertz CT molecular complexity index is 820. The van der Waals surface area contributed by atoms with Gasteiger partial charge in [0.05, 0.1) is 18.2 Å². The van der Waals surface area contributed by atoms with Crippen LogP contribution in [-0.4, -0.2) is 30.8 Å². The molecule has 0 unspecified atom stereocenters. The molecule has 2 aromatic rings. The van der Waals surface area contributed by atoms with Crippen molar-refractivity contribution in [3.8, 4) is 11.5 Å². The highest BCUT2D eigenvalue weighted by molar-refractivity contribution is 5.84. The zero-order valence-electron chi connectivity index (χ0n) is 14.5. The summed E-state index contributed by atoms with van der Waals surface area (Å²) in [7, 11) is 1.35. The molecule has 1 N–H and O–H groups in total. The molecule has 0 fully saturated rings. The van der Waals surface area contributed by atoms with Crippen LogP contribution in [-0.2, 0) is 11.2 Å². The van der Waals surface area contributed by atoms with E-state index in [4.69, 9.17) is 9.47 Å². The quantitative estimate of drug-likeness (QED) is 0.444. The van der Waals surface area contributed by atoms with E-state index in [0.29, 0.717) is 11.3 Å². The van der Waals surface area contributed by atoms with Gasteiger partial charge in [0.1, 0.15) is 5.75 Å². The summed E-state index contributed by atoms with van der Waals surface area (Å²) in [4.78, 5) is 22.2. The van der Waals surface area contributed by atoms with Crippen LogP contribution < -0.4 is 14.9 Å². The van der Waals surface area contributed by atoms with Gasteiger partial charge in [0.15, 0.2) is 12.4 Å². The molecule has 0 saturated carbocycles. The van der Waals surface area contributed by atoms with E-state index in [9.17, 15) is 14.9 Å². The minimum absolute atomic E-state index is 0.152. The van der Waals surface area contributed by atoms with Crippen molar-refractivity contribution in [1.29, 1.82) is 0 Å². The van der Waals surface area contributed by atoms with Crippen molar-refractivity contribution >= 4 is 17.8 Å². The van der Waals surface area contributed by atoms with Crippen LogP contribution in [0.1, 0.15) is 18.1 Å². The van der Waals surface area contributed by atoms with Gasteiger partial charge in [-0.15, -0.1) is 0 Å². The molecule has 0 aliphatic heterocycles. The second-order valence-corrected chi connectivity index (χ2v) is 5.27. The van der Waals surface area contributed by atoms with Crippen LogP contribution >= 0.6 is 0 Å². The molecule has 2 rings (SSSR count). The van der Waals surface area contributed by atoms with Crippen LogP contribution in [0.5, 0.6) is 11.5 Å². The van der Waals surface area contributed by atoms with Gasteiger partial charge >= 0.3 is 5.69 Å². The molecule has 0 radical (unpaired) electrons. The highest BCUT2D eigenvalue weighted by atomic mass is 16.6. The van der Waals surface area contributed by atoms with Crippen LogP contribution in [0.2, 0.25) is 0 Å². The maximum atomic E-state index is 11.8. The van der Waals surface area contributed by atoms with Gasteiger partial charge in [-0.05, 0) is 36.2 Å². The molecule has 0 spiro atoms. The fourth-order valence-electron chi connectivity index (χ4n) is 2.15. The highest BCUT2D eigenvalue weighted by Crippen LogP contribution is 2.26. The molecule has 2 aromatic carbocycles. The Kier molecular flexibility index (Phi) is 6.67. The SMILES string of the molecule is CCc1cccc(OCC(=O)N/N=C/c2ccc(OC)c([N+](=O)[O-])c2)c1. The fourth-order valence-corrected chi connectivity index (χ4v) is 2.15. The van der Waals surface area contributed by atoms with Crippen molar-refractivity contribution in [2.24, 2.45) is 5.10 Å². The van der Waals surface area contributed by atoms with E-state index in [-0.39, 0.29) is 18.0 Å².